The number of nitro benzene ring substituents is 1. The van der Waals surface area contributed by atoms with Gasteiger partial charge >= 0.3 is 5.69 Å². The molecular weight excluding hydrogens is 228 g/mol. The Labute approximate surface area is 96.0 Å². The maximum Gasteiger partial charge on any atom is 0.326 e. The third-order valence-electron chi connectivity index (χ3n) is 2.11. The topological polar surface area (TPSA) is 113 Å². The molecule has 0 bridgehead atoms. The van der Waals surface area contributed by atoms with Gasteiger partial charge in [-0.15, -0.1) is 0 Å². The van der Waals surface area contributed by atoms with Crippen LogP contribution in [-0.4, -0.2) is 22.9 Å². The minimum atomic E-state index is -0.921. The molecule has 0 aromatic heterocycles. The number of hydrogen-bond donors (Lipinski definition) is 1. The fraction of sp³-hybridized carbons (Fsp3) is 0.200. The average Bonchev–Trinajstić information content (AvgIpc) is 2.27. The van der Waals surface area contributed by atoms with E-state index in [0.29, 0.717) is 0 Å². The van der Waals surface area contributed by atoms with Gasteiger partial charge in [0.1, 0.15) is 11.6 Å². The lowest BCUT2D eigenvalue weighted by Crippen LogP contribution is -2.05. The molecule has 1 aromatic carbocycles. The highest BCUT2D eigenvalue weighted by Crippen LogP contribution is 2.40. The molecule has 7 heteroatoms. The number of aromatic hydroxyl groups is 1. The molecule has 0 amide bonds. The van der Waals surface area contributed by atoms with E-state index >= 15 is 0 Å². The maximum atomic E-state index is 11.3. The molecule has 17 heavy (non-hydrogen) atoms. The molecule has 7 nitrogen and oxygen atoms in total. The van der Waals surface area contributed by atoms with Crippen molar-refractivity contribution in [1.82, 2.24) is 0 Å². The van der Waals surface area contributed by atoms with Crippen molar-refractivity contribution in [1.29, 1.82) is 5.26 Å². The summed E-state index contributed by atoms with van der Waals surface area (Å²) in [5, 5.41) is 29.2. The van der Waals surface area contributed by atoms with Crippen molar-refractivity contribution in [2.45, 2.75) is 6.92 Å². The molecule has 0 aliphatic rings. The molecular formula is C10H8N2O5. The molecule has 0 atom stereocenters. The van der Waals surface area contributed by atoms with Crippen molar-refractivity contribution in [2.75, 3.05) is 7.11 Å². The molecule has 0 unspecified atom stereocenters. The van der Waals surface area contributed by atoms with Gasteiger partial charge in [0.15, 0.2) is 11.5 Å². The van der Waals surface area contributed by atoms with Crippen LogP contribution < -0.4 is 4.74 Å². The molecule has 0 heterocycles. The van der Waals surface area contributed by atoms with Crippen LogP contribution >= 0.6 is 0 Å². The van der Waals surface area contributed by atoms with E-state index in [-0.39, 0.29) is 11.3 Å². The number of carbonyl (C=O) groups is 1. The molecule has 0 spiro atoms. The molecule has 0 fully saturated rings. The standard InChI is InChI=1S/C10H8N2O5/c1-5(13)8-6(4-11)3-7(17-2)10(14)9(8)12(15)16/h3,14H,1-2H3. The van der Waals surface area contributed by atoms with Gasteiger partial charge in [0.25, 0.3) is 0 Å². The number of hydrogen-bond acceptors (Lipinski definition) is 6. The average molecular weight is 236 g/mol. The van der Waals surface area contributed by atoms with Gasteiger partial charge in [-0.05, 0) is 6.92 Å². The highest BCUT2D eigenvalue weighted by Gasteiger charge is 2.29. The van der Waals surface area contributed by atoms with Crippen LogP contribution in [0.1, 0.15) is 22.8 Å². The van der Waals surface area contributed by atoms with Gasteiger partial charge in [-0.1, -0.05) is 0 Å². The number of ketones is 1. The Hall–Kier alpha value is -2.62. The maximum absolute atomic E-state index is 11.3. The van der Waals surface area contributed by atoms with Gasteiger partial charge in [0.05, 0.1) is 17.6 Å². The fourth-order valence-corrected chi connectivity index (χ4v) is 1.41. The highest BCUT2D eigenvalue weighted by atomic mass is 16.6. The first-order chi connectivity index (χ1) is 7.93. The molecule has 0 aliphatic heterocycles. The number of Topliss-reactive ketones (excluding diaryl/α,β-unsaturated/α-hetero) is 1. The highest BCUT2D eigenvalue weighted by molar-refractivity contribution is 6.02. The Balaban J connectivity index is 3.80. The van der Waals surface area contributed by atoms with Gasteiger partial charge < -0.3 is 9.84 Å². The first-order valence-electron chi connectivity index (χ1n) is 4.43. The number of ether oxygens (including phenoxy) is 1. The predicted octanol–water partition coefficient (Wildman–Crippen LogP) is 1.38. The second kappa shape index (κ2) is 4.49. The number of rotatable bonds is 3. The summed E-state index contributed by atoms with van der Waals surface area (Å²) in [4.78, 5) is 21.2. The van der Waals surface area contributed by atoms with Crippen LogP contribution in [0.2, 0.25) is 0 Å². The fourth-order valence-electron chi connectivity index (χ4n) is 1.41. The van der Waals surface area contributed by atoms with Crippen LogP contribution in [-0.2, 0) is 0 Å². The first-order valence-corrected chi connectivity index (χ1v) is 4.43. The van der Waals surface area contributed by atoms with E-state index in [0.717, 1.165) is 13.0 Å². The monoisotopic (exact) mass is 236 g/mol. The van der Waals surface area contributed by atoms with Crippen molar-refractivity contribution in [3.05, 3.63) is 27.3 Å². The van der Waals surface area contributed by atoms with Crippen LogP contribution in [0.25, 0.3) is 0 Å². The van der Waals surface area contributed by atoms with E-state index in [2.05, 4.69) is 0 Å². The Bertz CT molecular complexity index is 545. The zero-order valence-corrected chi connectivity index (χ0v) is 9.05. The van der Waals surface area contributed by atoms with Gasteiger partial charge in [-0.3, -0.25) is 14.9 Å². The molecule has 0 saturated heterocycles. The van der Waals surface area contributed by atoms with Crippen LogP contribution in [0.3, 0.4) is 0 Å². The lowest BCUT2D eigenvalue weighted by molar-refractivity contribution is -0.386. The van der Waals surface area contributed by atoms with E-state index in [4.69, 9.17) is 10.00 Å². The zero-order chi connectivity index (χ0) is 13.2. The summed E-state index contributed by atoms with van der Waals surface area (Å²) in [6, 6.07) is 2.74. The molecule has 0 aliphatic carbocycles. The zero-order valence-electron chi connectivity index (χ0n) is 9.05. The lowest BCUT2D eigenvalue weighted by atomic mass is 10.0. The number of carbonyl (C=O) groups excluding carboxylic acids is 1. The van der Waals surface area contributed by atoms with Crippen LogP contribution in [0.5, 0.6) is 11.5 Å². The molecule has 0 saturated carbocycles. The number of phenolic OH excluding ortho intramolecular Hbond substituents is 1. The summed E-state index contributed by atoms with van der Waals surface area (Å²) in [5.74, 6) is -1.66. The van der Waals surface area contributed by atoms with Crippen molar-refractivity contribution in [3.8, 4) is 17.6 Å². The van der Waals surface area contributed by atoms with E-state index in [1.807, 2.05) is 0 Å². The SMILES string of the molecule is COc1cc(C#N)c(C(C)=O)c([N+](=O)[O-])c1O. The molecule has 1 N–H and O–H groups in total. The number of phenols is 1. The second-order valence-corrected chi connectivity index (χ2v) is 3.12. The summed E-state index contributed by atoms with van der Waals surface area (Å²) in [5.41, 5.74) is -1.44. The van der Waals surface area contributed by atoms with Crippen molar-refractivity contribution >= 4 is 11.5 Å². The number of benzene rings is 1. The molecule has 0 radical (unpaired) electrons. The van der Waals surface area contributed by atoms with Gasteiger partial charge in [0.2, 0.25) is 5.75 Å². The molecule has 1 rings (SSSR count). The number of nitrogens with zero attached hydrogens (tertiary/aromatic N) is 2. The van der Waals surface area contributed by atoms with Gasteiger partial charge in [0, 0.05) is 6.07 Å². The normalized spacial score (nSPS) is 9.47. The van der Waals surface area contributed by atoms with Crippen molar-refractivity contribution < 1.29 is 19.6 Å². The Morgan fingerprint density at radius 2 is 2.24 bits per heavy atom. The van der Waals surface area contributed by atoms with Crippen molar-refractivity contribution in [2.24, 2.45) is 0 Å². The smallest absolute Gasteiger partial charge is 0.326 e. The third-order valence-corrected chi connectivity index (χ3v) is 2.11. The summed E-state index contributed by atoms with van der Waals surface area (Å²) in [6.45, 7) is 1.08. The molecule has 88 valence electrons. The minimum Gasteiger partial charge on any atom is -0.499 e. The minimum absolute atomic E-state index is 0.209. The van der Waals surface area contributed by atoms with Crippen LogP contribution in [0.4, 0.5) is 5.69 Å². The predicted molar refractivity (Wildman–Crippen MR) is 56.0 cm³/mol. The lowest BCUT2D eigenvalue weighted by Gasteiger charge is -2.08. The van der Waals surface area contributed by atoms with E-state index in [9.17, 15) is 20.0 Å². The third kappa shape index (κ3) is 2.01. The Morgan fingerprint density at radius 3 is 2.59 bits per heavy atom. The number of methoxy groups -OCH3 is 1. The van der Waals surface area contributed by atoms with Crippen molar-refractivity contribution in [3.63, 3.8) is 0 Å². The van der Waals surface area contributed by atoms with Crippen LogP contribution in [0.15, 0.2) is 6.07 Å². The summed E-state index contributed by atoms with van der Waals surface area (Å²) in [7, 11) is 1.19. The van der Waals surface area contributed by atoms with E-state index < -0.39 is 27.7 Å². The Morgan fingerprint density at radius 1 is 1.65 bits per heavy atom. The van der Waals surface area contributed by atoms with Gasteiger partial charge in [-0.25, -0.2) is 0 Å². The van der Waals surface area contributed by atoms with Crippen LogP contribution in [0, 0.1) is 21.4 Å². The molecule has 1 aromatic rings. The number of nitro groups is 1. The second-order valence-electron chi connectivity index (χ2n) is 3.12. The summed E-state index contributed by atoms with van der Waals surface area (Å²) in [6.07, 6.45) is 0. The van der Waals surface area contributed by atoms with E-state index in [1.165, 1.54) is 7.11 Å². The van der Waals surface area contributed by atoms with Gasteiger partial charge in [-0.2, -0.15) is 5.26 Å². The summed E-state index contributed by atoms with van der Waals surface area (Å²) < 4.78 is 4.70. The quantitative estimate of drug-likeness (QED) is 0.481. The van der Waals surface area contributed by atoms with E-state index in [1.54, 1.807) is 6.07 Å². The number of nitriles is 1. The summed E-state index contributed by atoms with van der Waals surface area (Å²) >= 11 is 0. The Kier molecular flexibility index (Phi) is 3.29. The largest absolute Gasteiger partial charge is 0.499 e. The first kappa shape index (κ1) is 12.4.